The summed E-state index contributed by atoms with van der Waals surface area (Å²) >= 11 is 0. The Morgan fingerprint density at radius 3 is 2.71 bits per heavy atom. The number of hydrogen-bond acceptors (Lipinski definition) is 2. The minimum atomic E-state index is -0.177. The first-order valence-corrected chi connectivity index (χ1v) is 7.44. The van der Waals surface area contributed by atoms with Gasteiger partial charge in [-0.25, -0.2) is 4.39 Å². The summed E-state index contributed by atoms with van der Waals surface area (Å²) in [7, 11) is 2.14. The molecule has 2 aliphatic rings. The molecule has 2 aromatic rings. The summed E-state index contributed by atoms with van der Waals surface area (Å²) in [6.07, 6.45) is 2.10. The van der Waals surface area contributed by atoms with Crippen molar-refractivity contribution in [1.29, 1.82) is 0 Å². The van der Waals surface area contributed by atoms with Crippen molar-refractivity contribution in [2.24, 2.45) is 0 Å². The predicted molar refractivity (Wildman–Crippen MR) is 79.9 cm³/mol. The first kappa shape index (κ1) is 12.8. The standard InChI is InChI=1S/C18H18FNO/c1-20-10-12-2-5-13(19)8-15(12)18-16-9-14(21)6-3-11(16)4-7-17(18)20/h2-3,5-6,8-9,17-18,21H,4,7,10H2,1H3/t17-,18-/m1/s1. The molecule has 1 heterocycles. The van der Waals surface area contributed by atoms with E-state index in [-0.39, 0.29) is 11.7 Å². The predicted octanol–water partition coefficient (Wildman–Crippen LogP) is 3.42. The van der Waals surface area contributed by atoms with Gasteiger partial charge in [0.2, 0.25) is 0 Å². The number of likely N-dealkylation sites (N-methyl/N-ethyl adjacent to an activating group) is 1. The summed E-state index contributed by atoms with van der Waals surface area (Å²) in [5, 5.41) is 9.86. The van der Waals surface area contributed by atoms with Crippen molar-refractivity contribution < 1.29 is 9.50 Å². The fourth-order valence-corrected chi connectivity index (χ4v) is 4.01. The maximum absolute atomic E-state index is 13.7. The molecule has 0 unspecified atom stereocenters. The number of nitrogens with zero attached hydrogens (tertiary/aromatic N) is 1. The van der Waals surface area contributed by atoms with Gasteiger partial charge in [-0.15, -0.1) is 0 Å². The van der Waals surface area contributed by atoms with Crippen molar-refractivity contribution >= 4 is 0 Å². The van der Waals surface area contributed by atoms with Crippen LogP contribution < -0.4 is 0 Å². The molecule has 3 heteroatoms. The second-order valence-corrected chi connectivity index (χ2v) is 6.23. The van der Waals surface area contributed by atoms with Crippen LogP contribution in [-0.4, -0.2) is 23.1 Å². The molecule has 21 heavy (non-hydrogen) atoms. The average molecular weight is 283 g/mol. The van der Waals surface area contributed by atoms with Gasteiger partial charge in [-0.3, -0.25) is 4.90 Å². The third kappa shape index (κ3) is 1.95. The summed E-state index contributed by atoms with van der Waals surface area (Å²) in [6.45, 7) is 0.866. The summed E-state index contributed by atoms with van der Waals surface area (Å²) in [5.41, 5.74) is 4.71. The van der Waals surface area contributed by atoms with E-state index in [1.807, 2.05) is 18.2 Å². The Labute approximate surface area is 123 Å². The smallest absolute Gasteiger partial charge is 0.123 e. The van der Waals surface area contributed by atoms with Crippen molar-refractivity contribution in [3.8, 4) is 5.75 Å². The Morgan fingerprint density at radius 2 is 1.86 bits per heavy atom. The lowest BCUT2D eigenvalue weighted by Crippen LogP contribution is -2.43. The second kappa shape index (κ2) is 4.57. The number of hydrogen-bond donors (Lipinski definition) is 1. The highest BCUT2D eigenvalue weighted by Crippen LogP contribution is 2.44. The largest absolute Gasteiger partial charge is 0.508 e. The zero-order chi connectivity index (χ0) is 14.6. The van der Waals surface area contributed by atoms with E-state index >= 15 is 0 Å². The van der Waals surface area contributed by atoms with Gasteiger partial charge in [0.15, 0.2) is 0 Å². The van der Waals surface area contributed by atoms with E-state index in [0.717, 1.165) is 30.5 Å². The Morgan fingerprint density at radius 1 is 1.10 bits per heavy atom. The number of rotatable bonds is 0. The third-order valence-corrected chi connectivity index (χ3v) is 4.99. The molecule has 108 valence electrons. The number of aromatic hydroxyl groups is 1. The Hall–Kier alpha value is -1.87. The minimum Gasteiger partial charge on any atom is -0.508 e. The monoisotopic (exact) mass is 283 g/mol. The number of fused-ring (bicyclic) bond motifs is 5. The molecule has 0 saturated carbocycles. The van der Waals surface area contributed by atoms with Gasteiger partial charge in [0.25, 0.3) is 0 Å². The molecular weight excluding hydrogens is 265 g/mol. The molecule has 1 N–H and O–H groups in total. The molecule has 0 radical (unpaired) electrons. The van der Waals surface area contributed by atoms with E-state index in [4.69, 9.17) is 0 Å². The van der Waals surface area contributed by atoms with Crippen LogP contribution in [0.5, 0.6) is 5.75 Å². The van der Waals surface area contributed by atoms with Crippen molar-refractivity contribution in [2.75, 3.05) is 7.05 Å². The third-order valence-electron chi connectivity index (χ3n) is 4.99. The molecule has 2 nitrogen and oxygen atoms in total. The summed E-state index contributed by atoms with van der Waals surface area (Å²) in [6, 6.07) is 11.1. The number of aryl methyl sites for hydroxylation is 1. The number of phenols is 1. The van der Waals surface area contributed by atoms with E-state index in [0.29, 0.717) is 11.8 Å². The molecule has 4 rings (SSSR count). The van der Waals surface area contributed by atoms with E-state index in [1.54, 1.807) is 18.2 Å². The maximum atomic E-state index is 13.7. The first-order chi connectivity index (χ1) is 10.1. The van der Waals surface area contributed by atoms with Crippen LogP contribution in [0.3, 0.4) is 0 Å². The Bertz CT molecular complexity index is 712. The van der Waals surface area contributed by atoms with Gasteiger partial charge >= 0.3 is 0 Å². The van der Waals surface area contributed by atoms with E-state index < -0.39 is 0 Å². The quantitative estimate of drug-likeness (QED) is 0.801. The lowest BCUT2D eigenvalue weighted by Gasteiger charge is -2.44. The van der Waals surface area contributed by atoms with Crippen molar-refractivity contribution in [3.63, 3.8) is 0 Å². The van der Waals surface area contributed by atoms with Crippen LogP contribution >= 0.6 is 0 Å². The molecule has 2 atom stereocenters. The van der Waals surface area contributed by atoms with E-state index in [1.165, 1.54) is 11.1 Å². The SMILES string of the molecule is CN1Cc2ccc(F)cc2[C@@H]2c3cc(O)ccc3CC[C@H]21. The zero-order valence-electron chi connectivity index (χ0n) is 12.0. The van der Waals surface area contributed by atoms with Gasteiger partial charge in [-0.05, 0) is 66.4 Å². The topological polar surface area (TPSA) is 23.5 Å². The highest BCUT2D eigenvalue weighted by molar-refractivity contribution is 5.49. The van der Waals surface area contributed by atoms with Crippen LogP contribution in [0.15, 0.2) is 36.4 Å². The molecule has 0 amide bonds. The number of halogens is 1. The molecule has 2 aromatic carbocycles. The fourth-order valence-electron chi connectivity index (χ4n) is 4.01. The molecule has 0 fully saturated rings. The molecule has 0 spiro atoms. The van der Waals surface area contributed by atoms with Crippen molar-refractivity contribution in [1.82, 2.24) is 4.90 Å². The van der Waals surface area contributed by atoms with E-state index in [2.05, 4.69) is 11.9 Å². The number of benzene rings is 2. The molecule has 1 aliphatic heterocycles. The lowest BCUT2D eigenvalue weighted by molar-refractivity contribution is 0.178. The van der Waals surface area contributed by atoms with Gasteiger partial charge < -0.3 is 5.11 Å². The van der Waals surface area contributed by atoms with Crippen LogP contribution in [0.25, 0.3) is 0 Å². The van der Waals surface area contributed by atoms with Crippen LogP contribution in [0, 0.1) is 5.82 Å². The fraction of sp³-hybridized carbons (Fsp3) is 0.333. The molecule has 0 saturated heterocycles. The van der Waals surface area contributed by atoms with E-state index in [9.17, 15) is 9.50 Å². The lowest BCUT2D eigenvalue weighted by atomic mass is 9.71. The van der Waals surface area contributed by atoms with Gasteiger partial charge in [-0.2, -0.15) is 0 Å². The summed E-state index contributed by atoms with van der Waals surface area (Å²) in [4.78, 5) is 2.36. The van der Waals surface area contributed by atoms with Gasteiger partial charge in [-0.1, -0.05) is 12.1 Å². The Balaban J connectivity index is 1.94. The van der Waals surface area contributed by atoms with Gasteiger partial charge in [0.1, 0.15) is 11.6 Å². The second-order valence-electron chi connectivity index (χ2n) is 6.23. The van der Waals surface area contributed by atoms with Crippen LogP contribution in [0.4, 0.5) is 4.39 Å². The molecular formula is C18H18FNO. The number of phenolic OH excluding ortho intramolecular Hbond substituents is 1. The first-order valence-electron chi connectivity index (χ1n) is 7.44. The normalized spacial score (nSPS) is 24.1. The van der Waals surface area contributed by atoms with Gasteiger partial charge in [0.05, 0.1) is 0 Å². The van der Waals surface area contributed by atoms with Crippen molar-refractivity contribution in [2.45, 2.75) is 31.3 Å². The molecule has 0 aromatic heterocycles. The van der Waals surface area contributed by atoms with Gasteiger partial charge in [0, 0.05) is 18.5 Å². The average Bonchev–Trinajstić information content (AvgIpc) is 2.47. The molecule has 0 bridgehead atoms. The minimum absolute atomic E-state index is 0.158. The van der Waals surface area contributed by atoms with Crippen molar-refractivity contribution in [3.05, 3.63) is 64.5 Å². The van der Waals surface area contributed by atoms with Crippen LogP contribution in [0.2, 0.25) is 0 Å². The van der Waals surface area contributed by atoms with Crippen LogP contribution in [-0.2, 0) is 13.0 Å². The zero-order valence-corrected chi connectivity index (χ0v) is 12.0. The summed E-state index contributed by atoms with van der Waals surface area (Å²) < 4.78 is 13.7. The molecule has 1 aliphatic carbocycles. The highest BCUT2D eigenvalue weighted by Gasteiger charge is 2.38. The van der Waals surface area contributed by atoms with Crippen LogP contribution in [0.1, 0.15) is 34.6 Å². The summed E-state index contributed by atoms with van der Waals surface area (Å²) in [5.74, 6) is 0.273. The highest BCUT2D eigenvalue weighted by atomic mass is 19.1. The maximum Gasteiger partial charge on any atom is 0.123 e. The Kier molecular flexibility index (Phi) is 2.79.